The maximum absolute atomic E-state index is 11.4. The fourth-order valence-corrected chi connectivity index (χ4v) is 1.32. The minimum absolute atomic E-state index is 0.163. The number of carbonyl (C=O) groups is 3. The minimum Gasteiger partial charge on any atom is -0.480 e. The number of carboxylic acid groups (broad SMARTS) is 1. The summed E-state index contributed by atoms with van der Waals surface area (Å²) < 4.78 is 3.45. The van der Waals surface area contributed by atoms with Gasteiger partial charge in [0.15, 0.2) is 0 Å². The first-order chi connectivity index (χ1) is 7.50. The number of aromatic nitrogens is 2. The third kappa shape index (κ3) is 3.28. The number of nitrogens with one attached hydrogen (secondary N) is 1. The highest BCUT2D eigenvalue weighted by atomic mass is 32.1. The van der Waals surface area contributed by atoms with Crippen molar-refractivity contribution in [3.05, 3.63) is 11.1 Å². The van der Waals surface area contributed by atoms with Gasteiger partial charge in [-0.15, -0.1) is 5.10 Å². The van der Waals surface area contributed by atoms with Crippen molar-refractivity contribution in [2.45, 2.75) is 12.5 Å². The fourth-order valence-electron chi connectivity index (χ4n) is 0.898. The molecule has 8 nitrogen and oxygen atoms in total. The maximum atomic E-state index is 11.4. The first kappa shape index (κ1) is 12.0. The van der Waals surface area contributed by atoms with Crippen LogP contribution in [0.2, 0.25) is 0 Å². The van der Waals surface area contributed by atoms with Crippen LogP contribution in [0.1, 0.15) is 16.1 Å². The molecule has 0 saturated heterocycles. The summed E-state index contributed by atoms with van der Waals surface area (Å²) in [5.41, 5.74) is 4.85. The molecule has 0 spiro atoms. The van der Waals surface area contributed by atoms with Gasteiger partial charge in [0, 0.05) is 0 Å². The van der Waals surface area contributed by atoms with Crippen molar-refractivity contribution >= 4 is 29.3 Å². The summed E-state index contributed by atoms with van der Waals surface area (Å²) in [5, 5.41) is 14.3. The largest absolute Gasteiger partial charge is 0.480 e. The van der Waals surface area contributed by atoms with Crippen LogP contribution in [-0.4, -0.2) is 38.5 Å². The van der Waals surface area contributed by atoms with Crippen molar-refractivity contribution in [3.8, 4) is 0 Å². The molecular weight excluding hydrogens is 236 g/mol. The molecule has 0 bridgehead atoms. The molecule has 0 unspecified atom stereocenters. The highest BCUT2D eigenvalue weighted by molar-refractivity contribution is 7.07. The van der Waals surface area contributed by atoms with Crippen LogP contribution in [0, 0.1) is 0 Å². The number of carbonyl (C=O) groups excluding carboxylic acids is 2. The number of hydrogen-bond acceptors (Lipinski definition) is 6. The third-order valence-electron chi connectivity index (χ3n) is 1.59. The van der Waals surface area contributed by atoms with Gasteiger partial charge in [0.05, 0.1) is 12.6 Å². The molecule has 1 atom stereocenters. The van der Waals surface area contributed by atoms with E-state index in [0.29, 0.717) is 0 Å². The van der Waals surface area contributed by atoms with E-state index >= 15 is 0 Å². The van der Waals surface area contributed by atoms with Crippen molar-refractivity contribution in [2.24, 2.45) is 5.73 Å². The Morgan fingerprint density at radius 2 is 2.25 bits per heavy atom. The van der Waals surface area contributed by atoms with Crippen LogP contribution in [0.15, 0.2) is 6.20 Å². The number of nitrogens with two attached hydrogens (primary N) is 1. The van der Waals surface area contributed by atoms with Crippen molar-refractivity contribution in [3.63, 3.8) is 0 Å². The molecule has 4 N–H and O–H groups in total. The smallest absolute Gasteiger partial charge is 0.326 e. The van der Waals surface area contributed by atoms with Gasteiger partial charge in [0.2, 0.25) is 5.91 Å². The monoisotopic (exact) mass is 244 g/mol. The summed E-state index contributed by atoms with van der Waals surface area (Å²) in [4.78, 5) is 32.8. The lowest BCUT2D eigenvalue weighted by Gasteiger charge is -2.11. The van der Waals surface area contributed by atoms with Crippen molar-refractivity contribution in [1.82, 2.24) is 14.9 Å². The summed E-state index contributed by atoms with van der Waals surface area (Å²) in [6.45, 7) is 0. The average Bonchev–Trinajstić information content (AvgIpc) is 2.68. The molecule has 1 rings (SSSR count). The zero-order valence-corrected chi connectivity index (χ0v) is 8.73. The first-order valence-corrected chi connectivity index (χ1v) is 4.87. The van der Waals surface area contributed by atoms with Gasteiger partial charge in [0.1, 0.15) is 10.9 Å². The zero-order chi connectivity index (χ0) is 12.1. The lowest BCUT2D eigenvalue weighted by atomic mass is 10.2. The molecule has 1 aromatic heterocycles. The molecule has 16 heavy (non-hydrogen) atoms. The second-order valence-electron chi connectivity index (χ2n) is 2.82. The van der Waals surface area contributed by atoms with Crippen LogP contribution in [0.25, 0.3) is 0 Å². The molecule has 0 saturated carbocycles. The second kappa shape index (κ2) is 5.16. The minimum atomic E-state index is -1.34. The molecule has 0 fully saturated rings. The summed E-state index contributed by atoms with van der Waals surface area (Å²) in [6, 6.07) is -1.34. The number of primary amides is 1. The van der Waals surface area contributed by atoms with Crippen LogP contribution in [0.5, 0.6) is 0 Å². The van der Waals surface area contributed by atoms with E-state index in [1.807, 2.05) is 0 Å². The number of hydrogen-bond donors (Lipinski definition) is 3. The van der Waals surface area contributed by atoms with E-state index in [1.165, 1.54) is 6.20 Å². The number of carboxylic acids is 1. The van der Waals surface area contributed by atoms with Crippen molar-refractivity contribution < 1.29 is 19.5 Å². The molecule has 9 heteroatoms. The van der Waals surface area contributed by atoms with Crippen LogP contribution in [-0.2, 0) is 9.59 Å². The van der Waals surface area contributed by atoms with Gasteiger partial charge in [-0.1, -0.05) is 4.49 Å². The Kier molecular flexibility index (Phi) is 3.89. The number of rotatable bonds is 5. The maximum Gasteiger partial charge on any atom is 0.326 e. The van der Waals surface area contributed by atoms with E-state index in [2.05, 4.69) is 14.9 Å². The quantitative estimate of drug-likeness (QED) is 0.582. The predicted molar refractivity (Wildman–Crippen MR) is 52.6 cm³/mol. The first-order valence-electron chi connectivity index (χ1n) is 4.10. The third-order valence-corrected chi connectivity index (χ3v) is 2.26. The lowest BCUT2D eigenvalue weighted by molar-refractivity contribution is -0.140. The molecule has 0 aliphatic rings. The molecule has 1 aromatic rings. The highest BCUT2D eigenvalue weighted by Crippen LogP contribution is 2.03. The SMILES string of the molecule is NC(=O)C[C@@H](NC(=O)c1cnns1)C(=O)O. The van der Waals surface area contributed by atoms with E-state index in [0.717, 1.165) is 11.5 Å². The summed E-state index contributed by atoms with van der Waals surface area (Å²) >= 11 is 0.821. The summed E-state index contributed by atoms with van der Waals surface area (Å²) in [5.74, 6) is -2.79. The normalized spacial score (nSPS) is 11.8. The van der Waals surface area contributed by atoms with Gasteiger partial charge < -0.3 is 16.2 Å². The van der Waals surface area contributed by atoms with E-state index in [9.17, 15) is 14.4 Å². The fraction of sp³-hybridized carbons (Fsp3) is 0.286. The van der Waals surface area contributed by atoms with Crippen LogP contribution in [0.3, 0.4) is 0 Å². The van der Waals surface area contributed by atoms with Gasteiger partial charge in [-0.05, 0) is 11.5 Å². The number of amides is 2. The molecule has 0 aliphatic heterocycles. The van der Waals surface area contributed by atoms with Crippen molar-refractivity contribution in [2.75, 3.05) is 0 Å². The van der Waals surface area contributed by atoms with E-state index in [-0.39, 0.29) is 4.88 Å². The van der Waals surface area contributed by atoms with Gasteiger partial charge in [0.25, 0.3) is 5.91 Å². The Hall–Kier alpha value is -2.03. The Bertz CT molecular complexity index is 405. The Labute approximate surface area is 93.6 Å². The van der Waals surface area contributed by atoms with E-state index in [1.54, 1.807) is 0 Å². The molecule has 0 aliphatic carbocycles. The van der Waals surface area contributed by atoms with Crippen LogP contribution < -0.4 is 11.1 Å². The Morgan fingerprint density at radius 3 is 2.69 bits per heavy atom. The zero-order valence-electron chi connectivity index (χ0n) is 7.91. The molecule has 86 valence electrons. The Balaban J connectivity index is 2.65. The Morgan fingerprint density at radius 1 is 1.56 bits per heavy atom. The summed E-state index contributed by atoms with van der Waals surface area (Å²) in [6.07, 6.45) is 0.733. The molecule has 0 radical (unpaired) electrons. The topological polar surface area (TPSA) is 135 Å². The summed E-state index contributed by atoms with van der Waals surface area (Å²) in [7, 11) is 0. The molecule has 1 heterocycles. The highest BCUT2D eigenvalue weighted by Gasteiger charge is 2.23. The molecule has 0 aromatic carbocycles. The lowest BCUT2D eigenvalue weighted by Crippen LogP contribution is -2.43. The van der Waals surface area contributed by atoms with Gasteiger partial charge in [-0.2, -0.15) is 0 Å². The van der Waals surface area contributed by atoms with Gasteiger partial charge in [-0.3, -0.25) is 9.59 Å². The van der Waals surface area contributed by atoms with Gasteiger partial charge in [-0.25, -0.2) is 4.79 Å². The standard InChI is InChI=1S/C7H8N4O4S/c8-5(12)1-3(7(14)15)10-6(13)4-2-9-11-16-4/h2-3H,1H2,(H2,8,12)(H,10,13)(H,14,15)/t3-/m1/s1. The molecular formula is C7H8N4O4S. The van der Waals surface area contributed by atoms with Crippen molar-refractivity contribution in [1.29, 1.82) is 0 Å². The van der Waals surface area contributed by atoms with Gasteiger partial charge >= 0.3 is 5.97 Å². The average molecular weight is 244 g/mol. The van der Waals surface area contributed by atoms with Crippen LogP contribution in [0.4, 0.5) is 0 Å². The predicted octanol–water partition coefficient (Wildman–Crippen LogP) is -1.40. The van der Waals surface area contributed by atoms with E-state index in [4.69, 9.17) is 10.8 Å². The van der Waals surface area contributed by atoms with Crippen LogP contribution >= 0.6 is 11.5 Å². The number of aliphatic carboxylic acids is 1. The number of nitrogens with zero attached hydrogens (tertiary/aromatic N) is 2. The molecule has 2 amide bonds. The second-order valence-corrected chi connectivity index (χ2v) is 3.60. The van der Waals surface area contributed by atoms with E-state index < -0.39 is 30.2 Å².